The first kappa shape index (κ1) is 17.1. The Kier molecular flexibility index (Phi) is 4.90. The number of anilines is 3. The summed E-state index contributed by atoms with van der Waals surface area (Å²) in [7, 11) is 0. The lowest BCUT2D eigenvalue weighted by atomic mass is 10.1. The molecular weight excluding hydrogens is 326 g/mol. The summed E-state index contributed by atoms with van der Waals surface area (Å²) >= 11 is 0. The number of rotatable bonds is 4. The summed E-state index contributed by atoms with van der Waals surface area (Å²) in [5.41, 5.74) is 4.57. The van der Waals surface area contributed by atoms with Crippen molar-refractivity contribution in [3.63, 3.8) is 0 Å². The number of carbonyl (C=O) groups is 1. The molecule has 1 amide bonds. The normalized spacial score (nSPS) is 10.0. The first-order chi connectivity index (χ1) is 12.5. The van der Waals surface area contributed by atoms with Gasteiger partial charge in [-0.05, 0) is 49.7 Å². The van der Waals surface area contributed by atoms with Crippen molar-refractivity contribution < 1.29 is 4.79 Å². The van der Waals surface area contributed by atoms with E-state index < -0.39 is 0 Å². The maximum Gasteiger partial charge on any atom is 0.274 e. The van der Waals surface area contributed by atoms with Crippen LogP contribution < -0.4 is 10.6 Å². The van der Waals surface area contributed by atoms with E-state index >= 15 is 0 Å². The number of nitriles is 1. The molecule has 26 heavy (non-hydrogen) atoms. The van der Waals surface area contributed by atoms with Gasteiger partial charge in [-0.15, -0.1) is 0 Å². The van der Waals surface area contributed by atoms with Crippen LogP contribution in [0, 0.1) is 25.2 Å². The molecule has 0 saturated carbocycles. The molecule has 3 rings (SSSR count). The van der Waals surface area contributed by atoms with Crippen molar-refractivity contribution in [2.45, 2.75) is 13.8 Å². The average Bonchev–Trinajstić information content (AvgIpc) is 2.65. The minimum absolute atomic E-state index is 0.247. The number of benzene rings is 2. The van der Waals surface area contributed by atoms with Gasteiger partial charge < -0.3 is 10.6 Å². The maximum absolute atomic E-state index is 12.4. The van der Waals surface area contributed by atoms with Crippen LogP contribution in [0.2, 0.25) is 0 Å². The molecule has 6 nitrogen and oxygen atoms in total. The van der Waals surface area contributed by atoms with Crippen LogP contribution in [0.25, 0.3) is 0 Å². The van der Waals surface area contributed by atoms with Gasteiger partial charge in [-0.3, -0.25) is 4.79 Å². The Balaban J connectivity index is 1.75. The molecule has 3 aromatic rings. The molecule has 0 radical (unpaired) electrons. The molecule has 0 bridgehead atoms. The van der Waals surface area contributed by atoms with Crippen molar-refractivity contribution in [1.82, 2.24) is 9.97 Å². The lowest BCUT2D eigenvalue weighted by Gasteiger charge is -2.10. The quantitative estimate of drug-likeness (QED) is 0.748. The lowest BCUT2D eigenvalue weighted by Crippen LogP contribution is -2.14. The fraction of sp³-hybridized carbons (Fsp3) is 0.100. The molecule has 6 heteroatoms. The maximum atomic E-state index is 12.4. The minimum Gasteiger partial charge on any atom is -0.340 e. The van der Waals surface area contributed by atoms with Gasteiger partial charge >= 0.3 is 0 Å². The molecule has 1 aromatic heterocycles. The van der Waals surface area contributed by atoms with E-state index in [1.54, 1.807) is 30.3 Å². The number of aryl methyl sites for hydroxylation is 2. The third kappa shape index (κ3) is 4.02. The summed E-state index contributed by atoms with van der Waals surface area (Å²) in [5, 5.41) is 14.8. The SMILES string of the molecule is Cc1ccc(Nc2cc(C(=O)Nc3ccc(C#N)cc3)ncn2)c(C)c1. The van der Waals surface area contributed by atoms with Crippen LogP contribution in [0.4, 0.5) is 17.2 Å². The average molecular weight is 343 g/mol. The van der Waals surface area contributed by atoms with Gasteiger partial charge in [-0.1, -0.05) is 17.7 Å². The van der Waals surface area contributed by atoms with E-state index in [0.29, 0.717) is 17.1 Å². The van der Waals surface area contributed by atoms with Crippen LogP contribution in [0.5, 0.6) is 0 Å². The lowest BCUT2D eigenvalue weighted by molar-refractivity contribution is 0.102. The Hall–Kier alpha value is -3.72. The topological polar surface area (TPSA) is 90.7 Å². The van der Waals surface area contributed by atoms with Crippen molar-refractivity contribution >= 4 is 23.1 Å². The van der Waals surface area contributed by atoms with E-state index in [0.717, 1.165) is 11.3 Å². The van der Waals surface area contributed by atoms with E-state index in [1.165, 1.54) is 11.9 Å². The first-order valence-corrected chi connectivity index (χ1v) is 8.03. The zero-order valence-corrected chi connectivity index (χ0v) is 14.4. The third-order valence-corrected chi connectivity index (χ3v) is 3.82. The summed E-state index contributed by atoms with van der Waals surface area (Å²) < 4.78 is 0. The highest BCUT2D eigenvalue weighted by Crippen LogP contribution is 2.20. The van der Waals surface area contributed by atoms with Crippen molar-refractivity contribution in [2.75, 3.05) is 10.6 Å². The van der Waals surface area contributed by atoms with E-state index in [9.17, 15) is 4.79 Å². The Bertz CT molecular complexity index is 990. The van der Waals surface area contributed by atoms with Gasteiger partial charge in [-0.25, -0.2) is 9.97 Å². The molecule has 0 aliphatic rings. The first-order valence-electron chi connectivity index (χ1n) is 8.03. The summed E-state index contributed by atoms with van der Waals surface area (Å²) in [5.74, 6) is 0.192. The Morgan fingerprint density at radius 2 is 1.81 bits per heavy atom. The van der Waals surface area contributed by atoms with Gasteiger partial charge in [0.1, 0.15) is 17.8 Å². The largest absolute Gasteiger partial charge is 0.340 e. The second kappa shape index (κ2) is 7.45. The smallest absolute Gasteiger partial charge is 0.274 e. The van der Waals surface area contributed by atoms with Gasteiger partial charge in [0, 0.05) is 17.4 Å². The molecule has 0 spiro atoms. The molecule has 0 saturated heterocycles. The summed E-state index contributed by atoms with van der Waals surface area (Å²) in [4.78, 5) is 20.6. The fourth-order valence-electron chi connectivity index (χ4n) is 2.46. The van der Waals surface area contributed by atoms with Gasteiger partial charge in [0.25, 0.3) is 5.91 Å². The van der Waals surface area contributed by atoms with E-state index in [1.807, 2.05) is 32.0 Å². The molecule has 1 heterocycles. The number of nitrogens with zero attached hydrogens (tertiary/aromatic N) is 3. The van der Waals surface area contributed by atoms with Crippen molar-refractivity contribution in [2.24, 2.45) is 0 Å². The van der Waals surface area contributed by atoms with E-state index in [4.69, 9.17) is 5.26 Å². The molecule has 2 N–H and O–H groups in total. The second-order valence-electron chi connectivity index (χ2n) is 5.88. The van der Waals surface area contributed by atoms with Crippen LogP contribution in [0.15, 0.2) is 54.9 Å². The third-order valence-electron chi connectivity index (χ3n) is 3.82. The standard InChI is InChI=1S/C20H17N5O/c1-13-3-8-17(14(2)9-13)25-19-10-18(22-12-23-19)20(26)24-16-6-4-15(11-21)5-7-16/h3-10,12H,1-2H3,(H,24,26)(H,22,23,25). The predicted octanol–water partition coefficient (Wildman–Crippen LogP) is 3.96. The Labute approximate surface area is 151 Å². The number of carbonyl (C=O) groups excluding carboxylic acids is 1. The Morgan fingerprint density at radius 3 is 2.50 bits per heavy atom. The molecule has 0 atom stereocenters. The van der Waals surface area contributed by atoms with Crippen molar-refractivity contribution in [1.29, 1.82) is 5.26 Å². The zero-order valence-electron chi connectivity index (χ0n) is 14.4. The highest BCUT2D eigenvalue weighted by atomic mass is 16.1. The van der Waals surface area contributed by atoms with E-state index in [-0.39, 0.29) is 11.6 Å². The predicted molar refractivity (Wildman–Crippen MR) is 100 cm³/mol. The van der Waals surface area contributed by atoms with Crippen molar-refractivity contribution in [3.05, 3.63) is 77.2 Å². The summed E-state index contributed by atoms with van der Waals surface area (Å²) in [6, 6.07) is 16.3. The molecular formula is C20H17N5O. The van der Waals surface area contributed by atoms with Crippen molar-refractivity contribution in [3.8, 4) is 6.07 Å². The summed E-state index contributed by atoms with van der Waals surface area (Å²) in [6.07, 6.45) is 1.35. The second-order valence-corrected chi connectivity index (χ2v) is 5.88. The Morgan fingerprint density at radius 1 is 1.04 bits per heavy atom. The highest BCUT2D eigenvalue weighted by Gasteiger charge is 2.10. The van der Waals surface area contributed by atoms with Crippen LogP contribution in [-0.4, -0.2) is 15.9 Å². The molecule has 2 aromatic carbocycles. The highest BCUT2D eigenvalue weighted by molar-refractivity contribution is 6.03. The molecule has 128 valence electrons. The number of aromatic nitrogens is 2. The van der Waals surface area contributed by atoms with E-state index in [2.05, 4.69) is 26.7 Å². The van der Waals surface area contributed by atoms with Gasteiger partial charge in [0.05, 0.1) is 11.6 Å². The number of nitrogens with one attached hydrogen (secondary N) is 2. The van der Waals surface area contributed by atoms with Gasteiger partial charge in [0.2, 0.25) is 0 Å². The van der Waals surface area contributed by atoms with Crippen LogP contribution >= 0.6 is 0 Å². The van der Waals surface area contributed by atoms with Crippen LogP contribution in [0.3, 0.4) is 0 Å². The fourth-order valence-corrected chi connectivity index (χ4v) is 2.46. The molecule has 0 fully saturated rings. The molecule has 0 aliphatic carbocycles. The summed E-state index contributed by atoms with van der Waals surface area (Å²) in [6.45, 7) is 4.04. The minimum atomic E-state index is -0.346. The number of hydrogen-bond acceptors (Lipinski definition) is 5. The monoisotopic (exact) mass is 343 g/mol. The van der Waals surface area contributed by atoms with Crippen LogP contribution in [0.1, 0.15) is 27.2 Å². The van der Waals surface area contributed by atoms with Gasteiger partial charge in [-0.2, -0.15) is 5.26 Å². The van der Waals surface area contributed by atoms with Crippen LogP contribution in [-0.2, 0) is 0 Å². The van der Waals surface area contributed by atoms with Gasteiger partial charge in [0.15, 0.2) is 0 Å². The number of amides is 1. The number of hydrogen-bond donors (Lipinski definition) is 2. The molecule has 0 aliphatic heterocycles. The molecule has 0 unspecified atom stereocenters. The zero-order chi connectivity index (χ0) is 18.5.